The topological polar surface area (TPSA) is 106 Å². The number of ether oxygens (including phenoxy) is 2. The highest BCUT2D eigenvalue weighted by molar-refractivity contribution is 5.93. The van der Waals surface area contributed by atoms with Crippen LogP contribution in [0.25, 0.3) is 0 Å². The fourth-order valence-electron chi connectivity index (χ4n) is 2.41. The van der Waals surface area contributed by atoms with E-state index < -0.39 is 17.2 Å². The van der Waals surface area contributed by atoms with E-state index in [1.807, 2.05) is 19.0 Å². The maximum absolute atomic E-state index is 12.4. The molecule has 0 saturated carbocycles. The van der Waals surface area contributed by atoms with Crippen molar-refractivity contribution in [3.8, 4) is 0 Å². The minimum atomic E-state index is -0.711. The smallest absolute Gasteiger partial charge is 0.328 e. The molecular weight excluding hydrogens is 316 g/mol. The van der Waals surface area contributed by atoms with Gasteiger partial charge in [0.05, 0.1) is 25.4 Å². The van der Waals surface area contributed by atoms with Gasteiger partial charge in [0.1, 0.15) is 5.56 Å². The summed E-state index contributed by atoms with van der Waals surface area (Å²) in [4.78, 5) is 39.6. The van der Waals surface area contributed by atoms with Gasteiger partial charge in [-0.3, -0.25) is 14.6 Å². The predicted octanol–water partition coefficient (Wildman–Crippen LogP) is -1.46. The molecule has 2 rings (SSSR count). The van der Waals surface area contributed by atoms with Crippen molar-refractivity contribution in [1.29, 1.82) is 0 Å². The average molecular weight is 340 g/mol. The molecular formula is C15H24N4O5. The largest absolute Gasteiger partial charge is 0.379 e. The zero-order valence-electron chi connectivity index (χ0n) is 14.2. The summed E-state index contributed by atoms with van der Waals surface area (Å²) in [5, 5.41) is 2.77. The lowest BCUT2D eigenvalue weighted by atomic mass is 10.1. The van der Waals surface area contributed by atoms with Crippen LogP contribution in [-0.2, 0) is 16.5 Å². The van der Waals surface area contributed by atoms with Gasteiger partial charge in [0.25, 0.3) is 11.5 Å². The molecule has 9 heteroatoms. The lowest BCUT2D eigenvalue weighted by Crippen LogP contribution is -2.52. The van der Waals surface area contributed by atoms with E-state index in [4.69, 9.17) is 9.47 Å². The van der Waals surface area contributed by atoms with Gasteiger partial charge in [-0.2, -0.15) is 0 Å². The molecule has 1 aromatic rings. The molecule has 2 N–H and O–H groups in total. The Kier molecular flexibility index (Phi) is 6.29. The van der Waals surface area contributed by atoms with E-state index in [0.29, 0.717) is 26.2 Å². The van der Waals surface area contributed by atoms with Gasteiger partial charge in [-0.25, -0.2) is 4.79 Å². The number of aromatic amines is 1. The fraction of sp³-hybridized carbons (Fsp3) is 0.667. The molecule has 1 aliphatic heterocycles. The highest BCUT2D eigenvalue weighted by Gasteiger charge is 2.29. The number of H-pyrrole nitrogens is 1. The van der Waals surface area contributed by atoms with Crippen molar-refractivity contribution in [3.63, 3.8) is 0 Å². The average Bonchev–Trinajstić information content (AvgIpc) is 2.52. The van der Waals surface area contributed by atoms with Crippen molar-refractivity contribution in [2.45, 2.75) is 18.6 Å². The maximum atomic E-state index is 12.4. The van der Waals surface area contributed by atoms with Crippen LogP contribution in [0.1, 0.15) is 16.8 Å². The molecule has 0 radical (unpaired) electrons. The van der Waals surface area contributed by atoms with Crippen LogP contribution in [0.15, 0.2) is 15.8 Å². The molecule has 0 spiro atoms. The molecule has 1 amide bonds. The number of hydrogen-bond donors (Lipinski definition) is 2. The maximum Gasteiger partial charge on any atom is 0.328 e. The van der Waals surface area contributed by atoms with Gasteiger partial charge >= 0.3 is 5.69 Å². The van der Waals surface area contributed by atoms with Crippen LogP contribution < -0.4 is 16.6 Å². The van der Waals surface area contributed by atoms with Crippen molar-refractivity contribution in [2.75, 3.05) is 40.5 Å². The quantitative estimate of drug-likeness (QED) is 0.656. The van der Waals surface area contributed by atoms with Gasteiger partial charge in [0, 0.05) is 26.4 Å². The number of nitrogens with zero attached hydrogens (tertiary/aromatic N) is 2. The van der Waals surface area contributed by atoms with Crippen LogP contribution in [-0.4, -0.2) is 73.0 Å². The number of aromatic nitrogens is 2. The number of likely N-dealkylation sites (N-methyl/N-ethyl adjacent to an activating group) is 1. The van der Waals surface area contributed by atoms with E-state index in [-0.39, 0.29) is 17.7 Å². The minimum absolute atomic E-state index is 0.116. The first-order valence-electron chi connectivity index (χ1n) is 7.83. The Hall–Kier alpha value is -1.97. The summed E-state index contributed by atoms with van der Waals surface area (Å²) in [6.45, 7) is 2.21. The highest BCUT2D eigenvalue weighted by atomic mass is 16.5. The normalized spacial score (nSPS) is 21.0. The highest BCUT2D eigenvalue weighted by Crippen LogP contribution is 2.12. The van der Waals surface area contributed by atoms with Crippen LogP contribution in [0.2, 0.25) is 0 Å². The summed E-state index contributed by atoms with van der Waals surface area (Å²) in [5.74, 6) is -0.552. The SMILES string of the molecule is CN(C)CCO[C@@H]1CCOC[C@@H]1NC(=O)c1cn(C)c(=O)[nH]c1=O. The van der Waals surface area contributed by atoms with Gasteiger partial charge in [0.15, 0.2) is 0 Å². The molecule has 0 aromatic carbocycles. The summed E-state index contributed by atoms with van der Waals surface area (Å²) in [5.41, 5.74) is -1.39. The van der Waals surface area contributed by atoms with E-state index in [9.17, 15) is 14.4 Å². The third-order valence-electron chi connectivity index (χ3n) is 3.83. The summed E-state index contributed by atoms with van der Waals surface area (Å²) in [6.07, 6.45) is 1.72. The molecule has 1 aliphatic rings. The van der Waals surface area contributed by atoms with E-state index in [1.165, 1.54) is 13.2 Å². The number of hydrogen-bond acceptors (Lipinski definition) is 6. The van der Waals surface area contributed by atoms with Crippen molar-refractivity contribution < 1.29 is 14.3 Å². The fourth-order valence-corrected chi connectivity index (χ4v) is 2.41. The molecule has 1 fully saturated rings. The minimum Gasteiger partial charge on any atom is -0.379 e. The van der Waals surface area contributed by atoms with Crippen molar-refractivity contribution >= 4 is 5.91 Å². The molecule has 24 heavy (non-hydrogen) atoms. The molecule has 9 nitrogen and oxygen atoms in total. The zero-order chi connectivity index (χ0) is 17.7. The number of amides is 1. The Morgan fingerprint density at radius 2 is 2.25 bits per heavy atom. The van der Waals surface area contributed by atoms with Crippen molar-refractivity contribution in [2.24, 2.45) is 7.05 Å². The predicted molar refractivity (Wildman–Crippen MR) is 87.3 cm³/mol. The Bertz CT molecular complexity index is 681. The number of carbonyl (C=O) groups is 1. The first-order chi connectivity index (χ1) is 11.4. The molecule has 1 saturated heterocycles. The van der Waals surface area contributed by atoms with Gasteiger partial charge in [0.2, 0.25) is 0 Å². The Morgan fingerprint density at radius 3 is 2.96 bits per heavy atom. The van der Waals surface area contributed by atoms with Crippen LogP contribution in [0, 0.1) is 0 Å². The summed E-state index contributed by atoms with van der Waals surface area (Å²) in [7, 11) is 5.38. The van der Waals surface area contributed by atoms with Crippen LogP contribution >= 0.6 is 0 Å². The van der Waals surface area contributed by atoms with Crippen molar-refractivity contribution in [1.82, 2.24) is 19.8 Å². The molecule has 2 atom stereocenters. The Labute approximate surface area is 139 Å². The molecule has 1 aromatic heterocycles. The van der Waals surface area contributed by atoms with Crippen LogP contribution in [0.3, 0.4) is 0 Å². The number of nitrogens with one attached hydrogen (secondary N) is 2. The second-order valence-corrected chi connectivity index (χ2v) is 6.07. The first-order valence-corrected chi connectivity index (χ1v) is 7.83. The standard InChI is InChI=1S/C15H24N4O5/c1-18(2)5-7-24-12-4-6-23-9-11(12)16-13(20)10-8-19(3)15(22)17-14(10)21/h8,11-12H,4-7,9H2,1-3H3,(H,16,20)(H,17,21,22)/t11-,12+/m0/s1. The molecule has 2 heterocycles. The zero-order valence-corrected chi connectivity index (χ0v) is 14.2. The Morgan fingerprint density at radius 1 is 1.50 bits per heavy atom. The lowest BCUT2D eigenvalue weighted by Gasteiger charge is -2.32. The second kappa shape index (κ2) is 8.22. The molecule has 0 unspecified atom stereocenters. The van der Waals surface area contributed by atoms with Gasteiger partial charge in [-0.1, -0.05) is 0 Å². The van der Waals surface area contributed by atoms with E-state index in [0.717, 1.165) is 11.1 Å². The van der Waals surface area contributed by atoms with Crippen LogP contribution in [0.5, 0.6) is 0 Å². The van der Waals surface area contributed by atoms with E-state index >= 15 is 0 Å². The Balaban J connectivity index is 2.04. The lowest BCUT2D eigenvalue weighted by molar-refractivity contribution is -0.0562. The van der Waals surface area contributed by atoms with Gasteiger partial charge in [-0.05, 0) is 20.5 Å². The van der Waals surface area contributed by atoms with Crippen molar-refractivity contribution in [3.05, 3.63) is 32.6 Å². The number of rotatable bonds is 6. The summed E-state index contributed by atoms with van der Waals surface area (Å²) >= 11 is 0. The van der Waals surface area contributed by atoms with Crippen LogP contribution in [0.4, 0.5) is 0 Å². The second-order valence-electron chi connectivity index (χ2n) is 6.07. The monoisotopic (exact) mass is 340 g/mol. The summed E-state index contributed by atoms with van der Waals surface area (Å²) in [6, 6.07) is -0.343. The van der Waals surface area contributed by atoms with Gasteiger partial charge in [-0.15, -0.1) is 0 Å². The van der Waals surface area contributed by atoms with Gasteiger partial charge < -0.3 is 24.3 Å². The summed E-state index contributed by atoms with van der Waals surface area (Å²) < 4.78 is 12.4. The third kappa shape index (κ3) is 4.76. The van der Waals surface area contributed by atoms with E-state index in [1.54, 1.807) is 0 Å². The molecule has 0 bridgehead atoms. The number of aryl methyl sites for hydroxylation is 1. The molecule has 134 valence electrons. The number of carbonyl (C=O) groups excluding carboxylic acids is 1. The third-order valence-corrected chi connectivity index (χ3v) is 3.83. The van der Waals surface area contributed by atoms with E-state index in [2.05, 4.69) is 10.3 Å². The first kappa shape index (κ1) is 18.4. The molecule has 0 aliphatic carbocycles.